The number of aromatic nitrogens is 2. The lowest BCUT2D eigenvalue weighted by Crippen LogP contribution is -2.13. The molecule has 3 nitrogen and oxygen atoms in total. The van der Waals surface area contributed by atoms with E-state index in [2.05, 4.69) is 6.07 Å². The minimum Gasteiger partial charge on any atom is -0.308 e. The maximum Gasteiger partial charge on any atom is 0.417 e. The molecule has 0 aliphatic heterocycles. The zero-order valence-corrected chi connectivity index (χ0v) is 38.5. The third-order valence-electron chi connectivity index (χ3n) is 13.2. The van der Waals surface area contributed by atoms with Gasteiger partial charge in [0.15, 0.2) is 0 Å². The van der Waals surface area contributed by atoms with Crippen LogP contribution in [0.1, 0.15) is 58.7 Å². The highest BCUT2D eigenvalue weighted by Crippen LogP contribution is 2.50. The average Bonchev–Trinajstić information content (AvgIpc) is 3.86. The Morgan fingerprint density at radius 1 is 0.373 bits per heavy atom. The van der Waals surface area contributed by atoms with E-state index in [0.717, 1.165) is 6.07 Å². The second-order valence-electron chi connectivity index (χ2n) is 18.2. The van der Waals surface area contributed by atoms with Crippen LogP contribution in [-0.2, 0) is 30.9 Å². The first-order chi connectivity index (χ1) is 35.1. The highest BCUT2D eigenvalue weighted by atomic mass is 19.4. The Morgan fingerprint density at radius 2 is 0.760 bits per heavy atom. The van der Waals surface area contributed by atoms with Crippen LogP contribution in [0.25, 0.3) is 88.4 Å². The van der Waals surface area contributed by atoms with Crippen LogP contribution in [0.4, 0.5) is 65.9 Å². The first-order valence-corrected chi connectivity index (χ1v) is 22.6. The molecule has 2 heterocycles. The molecular formula is C57H32F15N3. The van der Waals surface area contributed by atoms with Crippen molar-refractivity contribution in [3.8, 4) is 50.8 Å². The molecule has 10 aromatic rings. The molecule has 2 aromatic heterocycles. The SMILES string of the molecule is CC(C)c1cccc(C(F)(F)F)c1-c1c(-n2c3ccccc3c3ccc(-c4cc(C(F)(F)F)cc(C(F)(F)F)c4)cc32)cc(C#N)cc1-n1c2ccccc2c2ccc(-c3cc(C(F)(F)F)cc(C(F)(F)F)c3)cc21. The number of alkyl halides is 15. The van der Waals surface area contributed by atoms with Gasteiger partial charge >= 0.3 is 30.9 Å². The van der Waals surface area contributed by atoms with E-state index in [1.807, 2.05) is 0 Å². The third kappa shape index (κ3) is 8.87. The van der Waals surface area contributed by atoms with Gasteiger partial charge in [-0.3, -0.25) is 0 Å². The van der Waals surface area contributed by atoms with E-state index < -0.39 is 81.3 Å². The molecular weight excluding hydrogens is 1010 g/mol. The van der Waals surface area contributed by atoms with Gasteiger partial charge in [0, 0.05) is 32.7 Å². The number of halogens is 15. The number of rotatable bonds is 6. The molecule has 0 amide bonds. The van der Waals surface area contributed by atoms with Crippen molar-refractivity contribution in [3.63, 3.8) is 0 Å². The van der Waals surface area contributed by atoms with Crippen molar-refractivity contribution in [2.75, 3.05) is 0 Å². The summed E-state index contributed by atoms with van der Waals surface area (Å²) in [6, 6.07) is 31.3. The van der Waals surface area contributed by atoms with Gasteiger partial charge in [0.1, 0.15) is 0 Å². The fourth-order valence-electron chi connectivity index (χ4n) is 9.91. The molecule has 75 heavy (non-hydrogen) atoms. The molecule has 0 saturated heterocycles. The van der Waals surface area contributed by atoms with Crippen LogP contribution in [0.3, 0.4) is 0 Å². The molecule has 0 saturated carbocycles. The van der Waals surface area contributed by atoms with Crippen molar-refractivity contribution in [1.82, 2.24) is 9.13 Å². The first kappa shape index (κ1) is 50.3. The van der Waals surface area contributed by atoms with Gasteiger partial charge < -0.3 is 9.13 Å². The van der Waals surface area contributed by atoms with Gasteiger partial charge in [-0.1, -0.05) is 86.6 Å². The van der Waals surface area contributed by atoms with Crippen LogP contribution in [-0.4, -0.2) is 9.13 Å². The molecule has 10 rings (SSSR count). The van der Waals surface area contributed by atoms with Crippen molar-refractivity contribution in [2.45, 2.75) is 50.6 Å². The van der Waals surface area contributed by atoms with Crippen LogP contribution in [0.2, 0.25) is 0 Å². The highest BCUT2D eigenvalue weighted by Gasteiger charge is 2.40. The normalized spacial score (nSPS) is 13.0. The van der Waals surface area contributed by atoms with E-state index in [4.69, 9.17) is 0 Å². The van der Waals surface area contributed by atoms with Crippen LogP contribution < -0.4 is 0 Å². The lowest BCUT2D eigenvalue weighted by Gasteiger charge is -2.26. The topological polar surface area (TPSA) is 33.6 Å². The molecule has 0 bridgehead atoms. The maximum atomic E-state index is 15.8. The van der Waals surface area contributed by atoms with Crippen LogP contribution in [0, 0.1) is 11.3 Å². The predicted octanol–water partition coefficient (Wildman–Crippen LogP) is 19.0. The monoisotopic (exact) mass is 1040 g/mol. The number of nitriles is 1. The van der Waals surface area contributed by atoms with Gasteiger partial charge in [0.2, 0.25) is 0 Å². The Bertz CT molecular complexity index is 3710. The van der Waals surface area contributed by atoms with Crippen molar-refractivity contribution >= 4 is 43.6 Å². The second-order valence-corrected chi connectivity index (χ2v) is 18.2. The molecule has 0 aliphatic carbocycles. The summed E-state index contributed by atoms with van der Waals surface area (Å²) >= 11 is 0. The van der Waals surface area contributed by atoms with Crippen LogP contribution in [0.5, 0.6) is 0 Å². The summed E-state index contributed by atoms with van der Waals surface area (Å²) in [6.45, 7) is 3.27. The smallest absolute Gasteiger partial charge is 0.308 e. The van der Waals surface area contributed by atoms with Gasteiger partial charge in [0.25, 0.3) is 0 Å². The summed E-state index contributed by atoms with van der Waals surface area (Å²) in [5, 5.41) is 12.4. The number of fused-ring (bicyclic) bond motifs is 6. The molecule has 0 aliphatic rings. The fourth-order valence-corrected chi connectivity index (χ4v) is 9.91. The van der Waals surface area contributed by atoms with Crippen LogP contribution in [0.15, 0.2) is 152 Å². The zero-order chi connectivity index (χ0) is 53.9. The molecule has 0 radical (unpaired) electrons. The van der Waals surface area contributed by atoms with E-state index in [0.29, 0.717) is 45.8 Å². The zero-order valence-electron chi connectivity index (χ0n) is 38.5. The fraction of sp³-hybridized carbons (Fsp3) is 0.140. The minimum absolute atomic E-state index is 0.0262. The summed E-state index contributed by atoms with van der Waals surface area (Å²) in [6.07, 6.45) is -26.0. The van der Waals surface area contributed by atoms with Crippen molar-refractivity contribution in [1.29, 1.82) is 5.26 Å². The highest BCUT2D eigenvalue weighted by molar-refractivity contribution is 6.13. The van der Waals surface area contributed by atoms with Gasteiger partial charge in [-0.25, -0.2) is 0 Å². The quantitative estimate of drug-likeness (QED) is 0.153. The first-order valence-electron chi connectivity index (χ1n) is 22.6. The van der Waals surface area contributed by atoms with E-state index >= 15 is 13.2 Å². The Balaban J connectivity index is 1.39. The summed E-state index contributed by atoms with van der Waals surface area (Å²) in [5.41, 5.74) is -9.08. The number of nitrogens with zero attached hydrogens (tertiary/aromatic N) is 3. The van der Waals surface area contributed by atoms with Crippen molar-refractivity contribution < 1.29 is 65.9 Å². The molecule has 380 valence electrons. The van der Waals surface area contributed by atoms with Gasteiger partial charge in [-0.05, 0) is 113 Å². The molecule has 0 atom stereocenters. The van der Waals surface area contributed by atoms with Gasteiger partial charge in [-0.15, -0.1) is 0 Å². The van der Waals surface area contributed by atoms with Crippen LogP contribution >= 0.6 is 0 Å². The van der Waals surface area contributed by atoms with Gasteiger partial charge in [0.05, 0.1) is 72.9 Å². The third-order valence-corrected chi connectivity index (χ3v) is 13.2. The number of para-hydroxylation sites is 2. The summed E-state index contributed by atoms with van der Waals surface area (Å²) in [4.78, 5) is 0. The second kappa shape index (κ2) is 17.5. The molecule has 0 unspecified atom stereocenters. The summed E-state index contributed by atoms with van der Waals surface area (Å²) < 4.78 is 221. The van der Waals surface area contributed by atoms with Crippen molar-refractivity contribution in [2.24, 2.45) is 0 Å². The minimum atomic E-state index is -5.22. The van der Waals surface area contributed by atoms with E-state index in [-0.39, 0.29) is 73.4 Å². The summed E-state index contributed by atoms with van der Waals surface area (Å²) in [7, 11) is 0. The Hall–Kier alpha value is -8.20. The largest absolute Gasteiger partial charge is 0.417 e. The molecule has 0 fully saturated rings. The number of hydrogen-bond acceptors (Lipinski definition) is 1. The Labute approximate surface area is 414 Å². The average molecular weight is 1040 g/mol. The standard InChI is InChI=1S/C57H32F15N3/c1-29(2)39-10-7-11-44(57(70,71)72)51(39)52-49(74-45-12-5-3-8-40(45)42-16-14-31(24-47(42)74)33-20-35(53(58,59)60)26-36(21-33)54(61,62)63)18-30(28-73)19-50(52)75-46-13-6-4-9-41(46)43-17-15-32(25-48(43)75)34-22-37(55(64,65)66)27-38(23-34)56(67,68)69/h3-27,29H,1-2H3. The lowest BCUT2D eigenvalue weighted by molar-refractivity contribution is -0.144. The summed E-state index contributed by atoms with van der Waals surface area (Å²) in [5.74, 6) is -0.666. The molecule has 0 spiro atoms. The Kier molecular flexibility index (Phi) is 11.7. The van der Waals surface area contributed by atoms with Gasteiger partial charge in [-0.2, -0.15) is 71.1 Å². The molecule has 0 N–H and O–H groups in total. The molecule has 18 heteroatoms. The van der Waals surface area contributed by atoms with E-state index in [1.54, 1.807) is 62.4 Å². The number of hydrogen-bond donors (Lipinski definition) is 0. The predicted molar refractivity (Wildman–Crippen MR) is 255 cm³/mol. The lowest BCUT2D eigenvalue weighted by atomic mass is 9.86. The molecule has 8 aromatic carbocycles. The van der Waals surface area contributed by atoms with E-state index in [9.17, 15) is 57.9 Å². The Morgan fingerprint density at radius 3 is 1.12 bits per heavy atom. The number of benzene rings is 8. The van der Waals surface area contributed by atoms with E-state index in [1.165, 1.54) is 69.8 Å². The maximum absolute atomic E-state index is 15.8. The van der Waals surface area contributed by atoms with Crippen molar-refractivity contribution in [3.05, 3.63) is 191 Å².